The first kappa shape index (κ1) is 11.0. The Morgan fingerprint density at radius 3 is 2.39 bits per heavy atom. The van der Waals surface area contributed by atoms with Crippen LogP contribution in [-0.4, -0.2) is 5.91 Å². The van der Waals surface area contributed by atoms with Crippen molar-refractivity contribution in [2.24, 2.45) is 5.92 Å². The highest BCUT2D eigenvalue weighted by Gasteiger charge is 2.33. The quantitative estimate of drug-likeness (QED) is 0.809. The zero-order valence-electron chi connectivity index (χ0n) is 10.3. The number of carbonyl (C=O) groups excluding carboxylic acids is 1. The average Bonchev–Trinajstić information content (AvgIpc) is 2.41. The third-order valence-corrected chi connectivity index (χ3v) is 3.63. The van der Waals surface area contributed by atoms with Crippen molar-refractivity contribution in [3.05, 3.63) is 65.7 Å². The van der Waals surface area contributed by atoms with Gasteiger partial charge in [-0.1, -0.05) is 55.5 Å². The summed E-state index contributed by atoms with van der Waals surface area (Å²) in [6.07, 6.45) is 0. The Labute approximate surface area is 107 Å². The van der Waals surface area contributed by atoms with Gasteiger partial charge in [-0.05, 0) is 17.2 Å². The highest BCUT2D eigenvalue weighted by Crippen LogP contribution is 2.39. The molecule has 0 aliphatic carbocycles. The van der Waals surface area contributed by atoms with Crippen molar-refractivity contribution in [1.29, 1.82) is 0 Å². The minimum atomic E-state index is -0.0395. The molecule has 0 unspecified atom stereocenters. The van der Waals surface area contributed by atoms with Gasteiger partial charge in [0.05, 0.1) is 0 Å². The molecule has 3 rings (SSSR count). The van der Waals surface area contributed by atoms with Gasteiger partial charge < -0.3 is 5.32 Å². The Bertz CT molecular complexity index is 577. The van der Waals surface area contributed by atoms with E-state index in [0.29, 0.717) is 0 Å². The van der Waals surface area contributed by atoms with Crippen LogP contribution in [0.2, 0.25) is 0 Å². The monoisotopic (exact) mass is 237 g/mol. The molecule has 2 atom stereocenters. The largest absolute Gasteiger partial charge is 0.326 e. The zero-order chi connectivity index (χ0) is 12.5. The Kier molecular flexibility index (Phi) is 2.63. The fourth-order valence-electron chi connectivity index (χ4n) is 2.68. The normalized spacial score (nSPS) is 22.2. The third kappa shape index (κ3) is 1.70. The zero-order valence-corrected chi connectivity index (χ0v) is 10.3. The minimum absolute atomic E-state index is 0.0395. The van der Waals surface area contributed by atoms with Crippen molar-refractivity contribution < 1.29 is 4.79 Å². The second-order valence-electron chi connectivity index (χ2n) is 4.75. The first-order valence-electron chi connectivity index (χ1n) is 6.22. The predicted molar refractivity (Wildman–Crippen MR) is 72.5 cm³/mol. The maximum Gasteiger partial charge on any atom is 0.228 e. The summed E-state index contributed by atoms with van der Waals surface area (Å²) in [5, 5.41) is 2.97. The van der Waals surface area contributed by atoms with Crippen LogP contribution in [0.15, 0.2) is 54.6 Å². The van der Waals surface area contributed by atoms with Crippen molar-refractivity contribution in [3.63, 3.8) is 0 Å². The third-order valence-electron chi connectivity index (χ3n) is 3.63. The number of amides is 1. The van der Waals surface area contributed by atoms with E-state index in [1.807, 2.05) is 43.3 Å². The van der Waals surface area contributed by atoms with E-state index >= 15 is 0 Å². The molecule has 2 aromatic carbocycles. The van der Waals surface area contributed by atoms with Gasteiger partial charge in [0, 0.05) is 17.5 Å². The van der Waals surface area contributed by atoms with E-state index in [1.165, 1.54) is 11.1 Å². The summed E-state index contributed by atoms with van der Waals surface area (Å²) in [6.45, 7) is 1.99. The molecule has 0 spiro atoms. The molecule has 2 nitrogen and oxygen atoms in total. The molecule has 1 N–H and O–H groups in total. The van der Waals surface area contributed by atoms with Gasteiger partial charge >= 0.3 is 0 Å². The van der Waals surface area contributed by atoms with E-state index in [1.54, 1.807) is 0 Å². The summed E-state index contributed by atoms with van der Waals surface area (Å²) >= 11 is 0. The molecule has 1 aliphatic rings. The van der Waals surface area contributed by atoms with E-state index in [-0.39, 0.29) is 17.7 Å². The lowest BCUT2D eigenvalue weighted by Gasteiger charge is -2.31. The predicted octanol–water partition coefficient (Wildman–Crippen LogP) is 3.41. The van der Waals surface area contributed by atoms with Crippen LogP contribution in [0.5, 0.6) is 0 Å². The lowest BCUT2D eigenvalue weighted by molar-refractivity contribution is -0.120. The molecular formula is C16H15NO. The van der Waals surface area contributed by atoms with Gasteiger partial charge in [-0.15, -0.1) is 0 Å². The molecule has 1 aliphatic heterocycles. The number of benzene rings is 2. The number of hydrogen-bond acceptors (Lipinski definition) is 1. The van der Waals surface area contributed by atoms with Crippen molar-refractivity contribution >= 4 is 11.6 Å². The molecule has 1 heterocycles. The summed E-state index contributed by atoms with van der Waals surface area (Å²) in [7, 11) is 0. The SMILES string of the molecule is C[C@@H]1C(=O)Nc2ccccc2[C@H]1c1ccccc1. The highest BCUT2D eigenvalue weighted by molar-refractivity contribution is 5.97. The standard InChI is InChI=1S/C16H15NO/c1-11-15(12-7-3-2-4-8-12)13-9-5-6-10-14(13)17-16(11)18/h2-11,15H,1H3,(H,17,18)/t11-,15+/m0/s1. The molecule has 2 heteroatoms. The topological polar surface area (TPSA) is 29.1 Å². The molecule has 1 amide bonds. The first-order chi connectivity index (χ1) is 8.77. The molecular weight excluding hydrogens is 222 g/mol. The molecule has 0 saturated heterocycles. The maximum absolute atomic E-state index is 12.0. The van der Waals surface area contributed by atoms with Crippen LogP contribution in [0.1, 0.15) is 24.0 Å². The molecule has 0 bridgehead atoms. The molecule has 90 valence electrons. The Hall–Kier alpha value is -2.09. The van der Waals surface area contributed by atoms with Crippen LogP contribution in [0.3, 0.4) is 0 Å². The summed E-state index contributed by atoms with van der Waals surface area (Å²) in [6, 6.07) is 18.3. The summed E-state index contributed by atoms with van der Waals surface area (Å²) < 4.78 is 0. The van der Waals surface area contributed by atoms with Gasteiger partial charge in [0.15, 0.2) is 0 Å². The van der Waals surface area contributed by atoms with Crippen LogP contribution >= 0.6 is 0 Å². The summed E-state index contributed by atoms with van der Waals surface area (Å²) in [5.41, 5.74) is 3.34. The van der Waals surface area contributed by atoms with E-state index in [9.17, 15) is 4.79 Å². The molecule has 2 aromatic rings. The van der Waals surface area contributed by atoms with Crippen molar-refractivity contribution in [2.45, 2.75) is 12.8 Å². The van der Waals surface area contributed by atoms with Crippen LogP contribution in [0.25, 0.3) is 0 Å². The average molecular weight is 237 g/mol. The highest BCUT2D eigenvalue weighted by atomic mass is 16.1. The molecule has 0 aromatic heterocycles. The lowest BCUT2D eigenvalue weighted by atomic mass is 9.78. The van der Waals surface area contributed by atoms with Crippen LogP contribution in [0, 0.1) is 5.92 Å². The summed E-state index contributed by atoms with van der Waals surface area (Å²) in [4.78, 5) is 12.0. The lowest BCUT2D eigenvalue weighted by Crippen LogP contribution is -2.32. The van der Waals surface area contributed by atoms with Crippen LogP contribution < -0.4 is 5.32 Å². The van der Waals surface area contributed by atoms with Gasteiger partial charge in [0.2, 0.25) is 5.91 Å². The smallest absolute Gasteiger partial charge is 0.228 e. The fourth-order valence-corrected chi connectivity index (χ4v) is 2.68. The second kappa shape index (κ2) is 4.30. The Morgan fingerprint density at radius 2 is 1.61 bits per heavy atom. The Morgan fingerprint density at radius 1 is 0.944 bits per heavy atom. The van der Waals surface area contributed by atoms with Gasteiger partial charge in [0.25, 0.3) is 0 Å². The van der Waals surface area contributed by atoms with Crippen molar-refractivity contribution in [2.75, 3.05) is 5.32 Å². The van der Waals surface area contributed by atoms with Gasteiger partial charge in [-0.25, -0.2) is 0 Å². The second-order valence-corrected chi connectivity index (χ2v) is 4.75. The van der Waals surface area contributed by atoms with Crippen LogP contribution in [-0.2, 0) is 4.79 Å². The van der Waals surface area contributed by atoms with E-state index < -0.39 is 0 Å². The minimum Gasteiger partial charge on any atom is -0.326 e. The van der Waals surface area contributed by atoms with Crippen molar-refractivity contribution in [3.8, 4) is 0 Å². The molecule has 18 heavy (non-hydrogen) atoms. The van der Waals surface area contributed by atoms with Crippen LogP contribution in [0.4, 0.5) is 5.69 Å². The number of anilines is 1. The van der Waals surface area contributed by atoms with Gasteiger partial charge in [0.1, 0.15) is 0 Å². The maximum atomic E-state index is 12.0. The number of para-hydroxylation sites is 1. The fraction of sp³-hybridized carbons (Fsp3) is 0.188. The number of rotatable bonds is 1. The van der Waals surface area contributed by atoms with E-state index in [4.69, 9.17) is 0 Å². The Balaban J connectivity index is 2.15. The number of nitrogens with one attached hydrogen (secondary N) is 1. The summed E-state index contributed by atoms with van der Waals surface area (Å²) in [5.74, 6) is 0.209. The van der Waals surface area contributed by atoms with E-state index in [0.717, 1.165) is 5.69 Å². The van der Waals surface area contributed by atoms with Gasteiger partial charge in [-0.2, -0.15) is 0 Å². The molecule has 0 radical (unpaired) electrons. The van der Waals surface area contributed by atoms with E-state index in [2.05, 4.69) is 23.5 Å². The number of hydrogen-bond donors (Lipinski definition) is 1. The number of carbonyl (C=O) groups is 1. The number of fused-ring (bicyclic) bond motifs is 1. The molecule has 0 fully saturated rings. The first-order valence-corrected chi connectivity index (χ1v) is 6.22. The van der Waals surface area contributed by atoms with Crippen molar-refractivity contribution in [1.82, 2.24) is 0 Å². The molecule has 0 saturated carbocycles. The van der Waals surface area contributed by atoms with Gasteiger partial charge in [-0.3, -0.25) is 4.79 Å².